The van der Waals surface area contributed by atoms with E-state index in [1.165, 1.54) is 0 Å². The molecule has 0 unspecified atom stereocenters. The lowest BCUT2D eigenvalue weighted by molar-refractivity contribution is -0.143. The maximum atomic E-state index is 10.6. The normalized spacial score (nSPS) is 11.7. The van der Waals surface area contributed by atoms with Gasteiger partial charge >= 0.3 is 5.97 Å². The fourth-order valence-corrected chi connectivity index (χ4v) is 0.360. The monoisotopic (exact) mass is 141 g/mol. The smallest absolute Gasteiger partial charge is 0.335 e. The molecule has 0 fully saturated rings. The van der Waals surface area contributed by atoms with Gasteiger partial charge in [0.05, 0.1) is 6.61 Å². The van der Waals surface area contributed by atoms with Crippen molar-refractivity contribution in [3.05, 3.63) is 0 Å². The van der Waals surface area contributed by atoms with Crippen molar-refractivity contribution in [3.8, 4) is 12.3 Å². The molecule has 3 heteroatoms. The Balaban J connectivity index is 3.54. The summed E-state index contributed by atoms with van der Waals surface area (Å²) in [4.78, 5) is 10.6. The lowest BCUT2D eigenvalue weighted by Gasteiger charge is -2.03. The third-order valence-electron chi connectivity index (χ3n) is 0.882. The number of rotatable bonds is 3. The second kappa shape index (κ2) is 4.83. The zero-order valence-corrected chi connectivity index (χ0v) is 5.96. The Kier molecular flexibility index (Phi) is 4.34. The topological polar surface area (TPSA) is 52.3 Å². The highest BCUT2D eigenvalue weighted by atomic mass is 16.5. The van der Waals surface area contributed by atoms with Gasteiger partial charge in [0.2, 0.25) is 0 Å². The molecule has 0 spiro atoms. The molecule has 0 saturated heterocycles. The third kappa shape index (κ3) is 3.10. The summed E-state index contributed by atoms with van der Waals surface area (Å²) in [6.45, 7) is 2.28. The summed E-state index contributed by atoms with van der Waals surface area (Å²) in [5, 5.41) is 0. The van der Waals surface area contributed by atoms with E-state index in [1.807, 2.05) is 6.92 Å². The number of nitrogens with two attached hydrogens (primary N) is 1. The second-order valence-corrected chi connectivity index (χ2v) is 1.81. The van der Waals surface area contributed by atoms with Crippen LogP contribution in [0.3, 0.4) is 0 Å². The summed E-state index contributed by atoms with van der Waals surface area (Å²) >= 11 is 0. The van der Waals surface area contributed by atoms with E-state index in [2.05, 4.69) is 10.7 Å². The van der Waals surface area contributed by atoms with E-state index >= 15 is 0 Å². The van der Waals surface area contributed by atoms with Crippen LogP contribution in [0.1, 0.15) is 13.3 Å². The molecule has 0 radical (unpaired) electrons. The largest absolute Gasteiger partial charge is 0.464 e. The zero-order valence-electron chi connectivity index (χ0n) is 5.96. The Morgan fingerprint density at radius 1 is 1.90 bits per heavy atom. The Morgan fingerprint density at radius 2 is 2.50 bits per heavy atom. The Bertz CT molecular complexity index is 148. The van der Waals surface area contributed by atoms with Crippen molar-refractivity contribution < 1.29 is 9.53 Å². The van der Waals surface area contributed by atoms with Crippen LogP contribution in [-0.2, 0) is 9.53 Å². The van der Waals surface area contributed by atoms with Gasteiger partial charge < -0.3 is 10.5 Å². The van der Waals surface area contributed by atoms with Crippen LogP contribution in [0.15, 0.2) is 0 Å². The predicted octanol–water partition coefficient (Wildman–Crippen LogP) is -0.0999. The predicted molar refractivity (Wildman–Crippen MR) is 38.1 cm³/mol. The number of hydrogen-bond donors (Lipinski definition) is 1. The molecule has 1 atom stereocenters. The zero-order chi connectivity index (χ0) is 7.98. The van der Waals surface area contributed by atoms with Gasteiger partial charge in [0.25, 0.3) is 0 Å². The number of terminal acetylenes is 1. The summed E-state index contributed by atoms with van der Waals surface area (Å²) in [5.74, 6) is 1.55. The molecule has 0 rings (SSSR count). The first kappa shape index (κ1) is 8.99. The number of hydrogen-bond acceptors (Lipinski definition) is 3. The number of esters is 1. The van der Waals surface area contributed by atoms with Gasteiger partial charge in [0, 0.05) is 0 Å². The van der Waals surface area contributed by atoms with Crippen LogP contribution in [0.25, 0.3) is 0 Å². The Morgan fingerprint density at radius 3 is 2.90 bits per heavy atom. The first-order valence-electron chi connectivity index (χ1n) is 3.10. The van der Waals surface area contributed by atoms with Crippen LogP contribution in [0.4, 0.5) is 0 Å². The van der Waals surface area contributed by atoms with Gasteiger partial charge in [0.15, 0.2) is 6.04 Å². The fourth-order valence-electron chi connectivity index (χ4n) is 0.360. The van der Waals surface area contributed by atoms with Crippen LogP contribution >= 0.6 is 0 Å². The van der Waals surface area contributed by atoms with Crippen molar-refractivity contribution in [1.29, 1.82) is 0 Å². The first-order chi connectivity index (χ1) is 4.72. The van der Waals surface area contributed by atoms with E-state index in [9.17, 15) is 4.79 Å². The Hall–Kier alpha value is -1.01. The standard InChI is InChI=1S/C7H11NO2/c1-3-5-10-7(9)6(8)4-2/h2,6H,3,5,8H2,1H3/t6-/m1/s1. The van der Waals surface area contributed by atoms with E-state index in [4.69, 9.17) is 12.2 Å². The highest BCUT2D eigenvalue weighted by molar-refractivity contribution is 5.78. The summed E-state index contributed by atoms with van der Waals surface area (Å²) in [6.07, 6.45) is 5.65. The molecular formula is C7H11NO2. The fraction of sp³-hybridized carbons (Fsp3) is 0.571. The molecule has 10 heavy (non-hydrogen) atoms. The van der Waals surface area contributed by atoms with Crippen LogP contribution in [0.5, 0.6) is 0 Å². The van der Waals surface area contributed by atoms with Gasteiger partial charge in [-0.2, -0.15) is 0 Å². The minimum absolute atomic E-state index is 0.383. The van der Waals surface area contributed by atoms with Gasteiger partial charge in [-0.15, -0.1) is 6.42 Å². The van der Waals surface area contributed by atoms with Crippen LogP contribution in [-0.4, -0.2) is 18.6 Å². The minimum atomic E-state index is -0.911. The van der Waals surface area contributed by atoms with E-state index in [0.29, 0.717) is 6.61 Å². The first-order valence-corrected chi connectivity index (χ1v) is 3.10. The maximum Gasteiger partial charge on any atom is 0.335 e. The van der Waals surface area contributed by atoms with Gasteiger partial charge in [-0.3, -0.25) is 0 Å². The van der Waals surface area contributed by atoms with Gasteiger partial charge in [-0.05, 0) is 6.42 Å². The molecule has 56 valence electrons. The van der Waals surface area contributed by atoms with Gasteiger partial charge in [-0.1, -0.05) is 12.8 Å². The van der Waals surface area contributed by atoms with Crippen molar-refractivity contribution >= 4 is 5.97 Å². The molecule has 0 aromatic rings. The lowest BCUT2D eigenvalue weighted by Crippen LogP contribution is -2.30. The molecule has 0 bridgehead atoms. The molecule has 0 aliphatic carbocycles. The molecule has 0 heterocycles. The van der Waals surface area contributed by atoms with Crippen molar-refractivity contribution in [1.82, 2.24) is 0 Å². The Labute approximate surface area is 60.5 Å². The number of ether oxygens (including phenoxy) is 1. The second-order valence-electron chi connectivity index (χ2n) is 1.81. The molecule has 0 aliphatic heterocycles. The van der Waals surface area contributed by atoms with Gasteiger partial charge in [-0.25, -0.2) is 4.79 Å². The van der Waals surface area contributed by atoms with Crippen LogP contribution < -0.4 is 5.73 Å². The van der Waals surface area contributed by atoms with Crippen molar-refractivity contribution in [2.75, 3.05) is 6.61 Å². The average molecular weight is 141 g/mol. The van der Waals surface area contributed by atoms with E-state index in [0.717, 1.165) is 6.42 Å². The van der Waals surface area contributed by atoms with Crippen molar-refractivity contribution in [2.45, 2.75) is 19.4 Å². The molecular weight excluding hydrogens is 130 g/mol. The molecule has 0 aliphatic rings. The summed E-state index contributed by atoms with van der Waals surface area (Å²) < 4.78 is 4.64. The lowest BCUT2D eigenvalue weighted by atomic mass is 10.3. The minimum Gasteiger partial charge on any atom is -0.464 e. The molecule has 0 aromatic heterocycles. The van der Waals surface area contributed by atoms with Crippen LogP contribution in [0, 0.1) is 12.3 Å². The maximum absolute atomic E-state index is 10.6. The molecule has 0 aromatic carbocycles. The average Bonchev–Trinajstić information content (AvgIpc) is 1.98. The van der Waals surface area contributed by atoms with Crippen LogP contribution in [0.2, 0.25) is 0 Å². The van der Waals surface area contributed by atoms with Gasteiger partial charge in [0.1, 0.15) is 0 Å². The third-order valence-corrected chi connectivity index (χ3v) is 0.882. The van der Waals surface area contributed by atoms with Crippen molar-refractivity contribution in [3.63, 3.8) is 0 Å². The molecule has 3 nitrogen and oxygen atoms in total. The summed E-state index contributed by atoms with van der Waals surface area (Å²) in [6, 6.07) is -0.911. The molecule has 2 N–H and O–H groups in total. The van der Waals surface area contributed by atoms with E-state index < -0.39 is 12.0 Å². The highest BCUT2D eigenvalue weighted by Gasteiger charge is 2.09. The van der Waals surface area contributed by atoms with E-state index in [1.54, 1.807) is 0 Å². The molecule has 0 saturated carbocycles. The number of carbonyl (C=O) groups excluding carboxylic acids is 1. The number of carbonyl (C=O) groups is 1. The quantitative estimate of drug-likeness (QED) is 0.441. The highest BCUT2D eigenvalue weighted by Crippen LogP contribution is 1.85. The van der Waals surface area contributed by atoms with E-state index in [-0.39, 0.29) is 0 Å². The SMILES string of the molecule is C#C[C@@H](N)C(=O)OCCC. The molecule has 0 amide bonds. The van der Waals surface area contributed by atoms with Crippen molar-refractivity contribution in [2.24, 2.45) is 5.73 Å². The summed E-state index contributed by atoms with van der Waals surface area (Å²) in [7, 11) is 0. The summed E-state index contributed by atoms with van der Waals surface area (Å²) in [5.41, 5.74) is 5.15.